The minimum absolute atomic E-state index is 0.0740. The van der Waals surface area contributed by atoms with Crippen LogP contribution in [-0.4, -0.2) is 5.78 Å². The van der Waals surface area contributed by atoms with Crippen molar-refractivity contribution >= 4 is 17.4 Å². The van der Waals surface area contributed by atoms with Crippen molar-refractivity contribution in [2.24, 2.45) is 0 Å². The van der Waals surface area contributed by atoms with E-state index in [4.69, 9.17) is 11.6 Å². The zero-order valence-corrected chi connectivity index (χ0v) is 5.24. The maximum Gasteiger partial charge on any atom is 0.177 e. The molecule has 2 heteroatoms. The number of carbonyl (C=O) groups excluding carboxylic acids is 1. The molecule has 0 aromatic carbocycles. The Kier molecular flexibility index (Phi) is 3.20. The molecule has 0 aromatic rings. The predicted octanol–water partition coefficient (Wildman–Crippen LogP) is 1.88. The first-order valence-electron chi connectivity index (χ1n) is 2.17. The van der Waals surface area contributed by atoms with Crippen LogP contribution in [0.25, 0.3) is 0 Å². The summed E-state index contributed by atoms with van der Waals surface area (Å²) in [5, 5.41) is 0.0740. The standard InChI is InChI=1S/C6H7ClO/c1-3-4-6(8)5(2)7/h3H,1-2,4H2. The van der Waals surface area contributed by atoms with E-state index in [1.54, 1.807) is 0 Å². The lowest BCUT2D eigenvalue weighted by Gasteiger charge is -1.86. The van der Waals surface area contributed by atoms with Gasteiger partial charge in [0.2, 0.25) is 0 Å². The fourth-order valence-corrected chi connectivity index (χ4v) is 0.319. The van der Waals surface area contributed by atoms with Crippen molar-refractivity contribution in [2.75, 3.05) is 0 Å². The van der Waals surface area contributed by atoms with Crippen molar-refractivity contribution in [3.05, 3.63) is 24.3 Å². The molecule has 0 N–H and O–H groups in total. The quantitative estimate of drug-likeness (QED) is 0.421. The van der Waals surface area contributed by atoms with E-state index in [-0.39, 0.29) is 17.2 Å². The normalized spacial score (nSPS) is 8.12. The van der Waals surface area contributed by atoms with Crippen LogP contribution in [0.5, 0.6) is 0 Å². The first-order chi connectivity index (χ1) is 3.68. The lowest BCUT2D eigenvalue weighted by Crippen LogP contribution is -1.91. The van der Waals surface area contributed by atoms with Crippen molar-refractivity contribution in [3.63, 3.8) is 0 Å². The van der Waals surface area contributed by atoms with Crippen LogP contribution in [0.3, 0.4) is 0 Å². The summed E-state index contributed by atoms with van der Waals surface area (Å²) in [6, 6.07) is 0. The number of allylic oxidation sites excluding steroid dienone is 2. The molecule has 0 aliphatic rings. The Morgan fingerprint density at radius 2 is 2.25 bits per heavy atom. The van der Waals surface area contributed by atoms with Gasteiger partial charge < -0.3 is 0 Å². The summed E-state index contributed by atoms with van der Waals surface area (Å²) in [6.07, 6.45) is 1.78. The lowest BCUT2D eigenvalue weighted by molar-refractivity contribution is -0.114. The lowest BCUT2D eigenvalue weighted by atomic mass is 10.3. The van der Waals surface area contributed by atoms with Gasteiger partial charge in [0.25, 0.3) is 0 Å². The van der Waals surface area contributed by atoms with Gasteiger partial charge in [0.15, 0.2) is 5.78 Å². The monoisotopic (exact) mass is 130 g/mol. The third kappa shape index (κ3) is 2.59. The van der Waals surface area contributed by atoms with E-state index < -0.39 is 0 Å². The Labute approximate surface area is 53.6 Å². The van der Waals surface area contributed by atoms with Gasteiger partial charge in [-0.25, -0.2) is 0 Å². The second kappa shape index (κ2) is 3.44. The molecular weight excluding hydrogens is 124 g/mol. The molecule has 8 heavy (non-hydrogen) atoms. The van der Waals surface area contributed by atoms with Crippen LogP contribution < -0.4 is 0 Å². The van der Waals surface area contributed by atoms with Crippen LogP contribution in [0.15, 0.2) is 24.3 Å². The van der Waals surface area contributed by atoms with Crippen molar-refractivity contribution in [2.45, 2.75) is 6.42 Å². The first kappa shape index (κ1) is 7.44. The van der Waals surface area contributed by atoms with Gasteiger partial charge >= 0.3 is 0 Å². The van der Waals surface area contributed by atoms with Gasteiger partial charge in [0.1, 0.15) is 0 Å². The highest BCUT2D eigenvalue weighted by molar-refractivity contribution is 6.42. The Morgan fingerprint density at radius 3 is 2.38 bits per heavy atom. The van der Waals surface area contributed by atoms with Crippen molar-refractivity contribution < 1.29 is 4.79 Å². The molecule has 0 aromatic heterocycles. The Balaban J connectivity index is 3.65. The Bertz CT molecular complexity index is 126. The van der Waals surface area contributed by atoms with E-state index in [2.05, 4.69) is 13.2 Å². The van der Waals surface area contributed by atoms with E-state index in [0.717, 1.165) is 0 Å². The van der Waals surface area contributed by atoms with Crippen molar-refractivity contribution in [1.29, 1.82) is 0 Å². The molecule has 0 aliphatic carbocycles. The second-order valence-electron chi connectivity index (χ2n) is 1.32. The second-order valence-corrected chi connectivity index (χ2v) is 1.78. The smallest absolute Gasteiger partial charge is 0.177 e. The largest absolute Gasteiger partial charge is 0.293 e. The molecule has 0 heterocycles. The van der Waals surface area contributed by atoms with Gasteiger partial charge in [-0.1, -0.05) is 24.3 Å². The number of Topliss-reactive ketones (excluding diaryl/α,β-unsaturated/α-hetero) is 1. The maximum absolute atomic E-state index is 10.4. The van der Waals surface area contributed by atoms with Crippen LogP contribution in [0.2, 0.25) is 0 Å². The molecule has 44 valence electrons. The molecule has 0 aliphatic heterocycles. The number of halogens is 1. The van der Waals surface area contributed by atoms with Crippen molar-refractivity contribution in [1.82, 2.24) is 0 Å². The zero-order valence-electron chi connectivity index (χ0n) is 4.48. The molecule has 0 bridgehead atoms. The van der Waals surface area contributed by atoms with E-state index in [9.17, 15) is 4.79 Å². The van der Waals surface area contributed by atoms with Gasteiger partial charge in [0.05, 0.1) is 5.03 Å². The highest BCUT2D eigenvalue weighted by atomic mass is 35.5. The maximum atomic E-state index is 10.4. The first-order valence-corrected chi connectivity index (χ1v) is 2.54. The van der Waals surface area contributed by atoms with Gasteiger partial charge in [-0.15, -0.1) is 6.58 Å². The third-order valence-electron chi connectivity index (χ3n) is 0.632. The van der Waals surface area contributed by atoms with Gasteiger partial charge in [-0.05, 0) is 0 Å². The summed E-state index contributed by atoms with van der Waals surface area (Å²) < 4.78 is 0. The number of hydrogen-bond acceptors (Lipinski definition) is 1. The fourth-order valence-electron chi connectivity index (χ4n) is 0.242. The van der Waals surface area contributed by atoms with Crippen molar-refractivity contribution in [3.8, 4) is 0 Å². The molecule has 1 nitrogen and oxygen atoms in total. The Hall–Kier alpha value is -0.560. The molecule has 0 amide bonds. The molecule has 0 radical (unpaired) electrons. The van der Waals surface area contributed by atoms with Crippen LogP contribution in [0, 0.1) is 0 Å². The fraction of sp³-hybridized carbons (Fsp3) is 0.167. The molecule has 0 rings (SSSR count). The topological polar surface area (TPSA) is 17.1 Å². The number of hydrogen-bond donors (Lipinski definition) is 0. The minimum Gasteiger partial charge on any atom is -0.293 e. The summed E-state index contributed by atoms with van der Waals surface area (Å²) >= 11 is 5.22. The van der Waals surface area contributed by atoms with E-state index in [0.29, 0.717) is 0 Å². The minimum atomic E-state index is -0.165. The average molecular weight is 131 g/mol. The molecule has 0 saturated heterocycles. The molecule has 0 saturated carbocycles. The van der Waals surface area contributed by atoms with E-state index in [1.807, 2.05) is 0 Å². The molecule has 0 atom stereocenters. The summed E-state index contributed by atoms with van der Waals surface area (Å²) in [4.78, 5) is 10.4. The van der Waals surface area contributed by atoms with Gasteiger partial charge in [-0.3, -0.25) is 4.79 Å². The number of rotatable bonds is 3. The summed E-state index contributed by atoms with van der Waals surface area (Å²) in [6.45, 7) is 6.60. The highest BCUT2D eigenvalue weighted by Gasteiger charge is 1.98. The van der Waals surface area contributed by atoms with E-state index in [1.165, 1.54) is 6.08 Å². The molecule has 0 spiro atoms. The van der Waals surface area contributed by atoms with E-state index >= 15 is 0 Å². The predicted molar refractivity (Wildman–Crippen MR) is 34.8 cm³/mol. The van der Waals surface area contributed by atoms with Gasteiger partial charge in [0, 0.05) is 6.42 Å². The average Bonchev–Trinajstić information content (AvgIpc) is 1.67. The van der Waals surface area contributed by atoms with Crippen LogP contribution >= 0.6 is 11.6 Å². The Morgan fingerprint density at radius 1 is 1.75 bits per heavy atom. The van der Waals surface area contributed by atoms with Crippen LogP contribution in [0.1, 0.15) is 6.42 Å². The summed E-state index contributed by atoms with van der Waals surface area (Å²) in [5.41, 5.74) is 0. The molecule has 0 fully saturated rings. The summed E-state index contributed by atoms with van der Waals surface area (Å²) in [7, 11) is 0. The third-order valence-corrected chi connectivity index (χ3v) is 0.843. The number of ketones is 1. The number of carbonyl (C=O) groups is 1. The zero-order chi connectivity index (χ0) is 6.57. The van der Waals surface area contributed by atoms with Crippen LogP contribution in [-0.2, 0) is 4.79 Å². The van der Waals surface area contributed by atoms with Gasteiger partial charge in [-0.2, -0.15) is 0 Å². The highest BCUT2D eigenvalue weighted by Crippen LogP contribution is 2.00. The molecule has 0 unspecified atom stereocenters. The van der Waals surface area contributed by atoms with Crippen LogP contribution in [0.4, 0.5) is 0 Å². The summed E-state index contributed by atoms with van der Waals surface area (Å²) in [5.74, 6) is -0.165. The SMILES string of the molecule is C=CCC(=O)C(=C)Cl. The molecular formula is C6H7ClO.